The number of hydrogen-bond acceptors (Lipinski definition) is 4. The van der Waals surface area contributed by atoms with Crippen molar-refractivity contribution in [1.29, 1.82) is 0 Å². The van der Waals surface area contributed by atoms with Gasteiger partial charge in [-0.1, -0.05) is 19.1 Å². The van der Waals surface area contributed by atoms with E-state index in [9.17, 15) is 10.1 Å². The second-order valence-electron chi connectivity index (χ2n) is 4.08. The van der Waals surface area contributed by atoms with E-state index in [-0.39, 0.29) is 11.4 Å². The molecule has 0 heterocycles. The topological polar surface area (TPSA) is 78.4 Å². The lowest BCUT2D eigenvalue weighted by Crippen LogP contribution is -1.96. The molecule has 0 fully saturated rings. The van der Waals surface area contributed by atoms with Crippen molar-refractivity contribution in [2.24, 2.45) is 0 Å². The number of aryl methyl sites for hydroxylation is 1. The molecule has 0 saturated heterocycles. The largest absolute Gasteiger partial charge is 0.457 e. The van der Waals surface area contributed by atoms with E-state index in [0.717, 1.165) is 12.0 Å². The Hall–Kier alpha value is -2.56. The number of ether oxygens (including phenoxy) is 1. The van der Waals surface area contributed by atoms with Crippen molar-refractivity contribution in [3.8, 4) is 11.5 Å². The molecular formula is C14H14N2O3. The van der Waals surface area contributed by atoms with Crippen LogP contribution in [0.3, 0.4) is 0 Å². The zero-order valence-corrected chi connectivity index (χ0v) is 10.5. The fourth-order valence-electron chi connectivity index (χ4n) is 1.73. The van der Waals surface area contributed by atoms with Crippen molar-refractivity contribution >= 4 is 11.4 Å². The van der Waals surface area contributed by atoms with Crippen molar-refractivity contribution in [2.75, 3.05) is 5.73 Å². The second kappa shape index (κ2) is 5.39. The Kier molecular flexibility index (Phi) is 3.66. The number of nitrogen functional groups attached to an aromatic ring is 1. The Balaban J connectivity index is 2.23. The lowest BCUT2D eigenvalue weighted by Gasteiger charge is -2.07. The van der Waals surface area contributed by atoms with Crippen molar-refractivity contribution in [2.45, 2.75) is 13.3 Å². The van der Waals surface area contributed by atoms with Gasteiger partial charge < -0.3 is 10.5 Å². The maximum Gasteiger partial charge on any atom is 0.292 e. The van der Waals surface area contributed by atoms with Gasteiger partial charge in [0.1, 0.15) is 17.2 Å². The normalized spacial score (nSPS) is 10.2. The fraction of sp³-hybridized carbons (Fsp3) is 0.143. The Morgan fingerprint density at radius 2 is 1.95 bits per heavy atom. The molecule has 2 rings (SSSR count). The maximum absolute atomic E-state index is 10.7. The van der Waals surface area contributed by atoms with Crippen LogP contribution in [0.1, 0.15) is 12.5 Å². The molecule has 0 amide bonds. The van der Waals surface area contributed by atoms with Crippen LogP contribution in [0.25, 0.3) is 0 Å². The standard InChI is InChI=1S/C14H14N2O3/c1-2-10-4-3-5-11(8-10)19-12-6-7-14(16(17)18)13(15)9-12/h3-9H,2,15H2,1H3. The molecular weight excluding hydrogens is 244 g/mol. The van der Waals surface area contributed by atoms with Crippen molar-refractivity contribution in [1.82, 2.24) is 0 Å². The van der Waals surface area contributed by atoms with E-state index < -0.39 is 4.92 Å². The Bertz CT molecular complexity index is 611. The van der Waals surface area contributed by atoms with E-state index in [1.807, 2.05) is 24.3 Å². The van der Waals surface area contributed by atoms with Crippen molar-refractivity contribution in [3.63, 3.8) is 0 Å². The molecule has 0 aliphatic heterocycles. The van der Waals surface area contributed by atoms with Crippen LogP contribution < -0.4 is 10.5 Å². The van der Waals surface area contributed by atoms with E-state index in [2.05, 4.69) is 6.92 Å². The molecule has 0 unspecified atom stereocenters. The summed E-state index contributed by atoms with van der Waals surface area (Å²) >= 11 is 0. The minimum absolute atomic E-state index is 0.0918. The van der Waals surface area contributed by atoms with Gasteiger partial charge in [0, 0.05) is 12.1 Å². The second-order valence-corrected chi connectivity index (χ2v) is 4.08. The molecule has 0 saturated carbocycles. The molecule has 0 radical (unpaired) electrons. The molecule has 2 aromatic carbocycles. The minimum atomic E-state index is -0.517. The Labute approximate surface area is 110 Å². The molecule has 98 valence electrons. The number of nitrogens with two attached hydrogens (primary N) is 1. The third kappa shape index (κ3) is 3.01. The number of rotatable bonds is 4. The zero-order valence-electron chi connectivity index (χ0n) is 10.5. The number of nitro groups is 1. The van der Waals surface area contributed by atoms with Gasteiger partial charge in [0.25, 0.3) is 5.69 Å². The zero-order chi connectivity index (χ0) is 13.8. The van der Waals surface area contributed by atoms with Gasteiger partial charge in [-0.05, 0) is 30.2 Å². The average molecular weight is 258 g/mol. The highest BCUT2D eigenvalue weighted by Crippen LogP contribution is 2.29. The maximum atomic E-state index is 10.7. The summed E-state index contributed by atoms with van der Waals surface area (Å²) in [5.74, 6) is 1.17. The highest BCUT2D eigenvalue weighted by Gasteiger charge is 2.11. The molecule has 0 atom stereocenters. The van der Waals surface area contributed by atoms with E-state index >= 15 is 0 Å². The van der Waals surface area contributed by atoms with E-state index in [1.165, 1.54) is 18.2 Å². The van der Waals surface area contributed by atoms with Gasteiger partial charge >= 0.3 is 0 Å². The molecule has 2 aromatic rings. The van der Waals surface area contributed by atoms with Crippen LogP contribution in [0.2, 0.25) is 0 Å². The molecule has 0 aliphatic rings. The van der Waals surface area contributed by atoms with Crippen LogP contribution in [0.4, 0.5) is 11.4 Å². The summed E-state index contributed by atoms with van der Waals surface area (Å²) in [6.45, 7) is 2.06. The monoisotopic (exact) mass is 258 g/mol. The minimum Gasteiger partial charge on any atom is -0.457 e. The fourth-order valence-corrected chi connectivity index (χ4v) is 1.73. The molecule has 5 nitrogen and oxygen atoms in total. The van der Waals surface area contributed by atoms with E-state index in [1.54, 1.807) is 0 Å². The number of nitrogens with zero attached hydrogens (tertiary/aromatic N) is 1. The summed E-state index contributed by atoms with van der Waals surface area (Å²) in [6.07, 6.45) is 0.916. The predicted molar refractivity (Wildman–Crippen MR) is 73.4 cm³/mol. The summed E-state index contributed by atoms with van der Waals surface area (Å²) in [7, 11) is 0. The van der Waals surface area contributed by atoms with E-state index in [4.69, 9.17) is 10.5 Å². The number of hydrogen-bond donors (Lipinski definition) is 1. The Morgan fingerprint density at radius 1 is 1.21 bits per heavy atom. The molecule has 0 bridgehead atoms. The quantitative estimate of drug-likeness (QED) is 0.517. The summed E-state index contributed by atoms with van der Waals surface area (Å²) in [5.41, 5.74) is 6.75. The first-order valence-electron chi connectivity index (χ1n) is 5.91. The first-order valence-corrected chi connectivity index (χ1v) is 5.91. The lowest BCUT2D eigenvalue weighted by molar-refractivity contribution is -0.383. The van der Waals surface area contributed by atoms with Gasteiger partial charge in [0.05, 0.1) is 4.92 Å². The smallest absolute Gasteiger partial charge is 0.292 e. The third-order valence-electron chi connectivity index (χ3n) is 2.74. The molecule has 2 N–H and O–H groups in total. The lowest BCUT2D eigenvalue weighted by atomic mass is 10.2. The number of nitro benzene ring substituents is 1. The average Bonchev–Trinajstić information content (AvgIpc) is 2.38. The van der Waals surface area contributed by atoms with Gasteiger partial charge in [-0.3, -0.25) is 10.1 Å². The van der Waals surface area contributed by atoms with Gasteiger partial charge in [0.2, 0.25) is 0 Å². The molecule has 0 aliphatic carbocycles. The van der Waals surface area contributed by atoms with Crippen LogP contribution in [-0.4, -0.2) is 4.92 Å². The SMILES string of the molecule is CCc1cccc(Oc2ccc([N+](=O)[O-])c(N)c2)c1. The van der Waals surface area contributed by atoms with Gasteiger partial charge in [0.15, 0.2) is 0 Å². The van der Waals surface area contributed by atoms with Gasteiger partial charge in [-0.25, -0.2) is 0 Å². The predicted octanol–water partition coefficient (Wildman–Crippen LogP) is 3.53. The Morgan fingerprint density at radius 3 is 2.58 bits per heavy atom. The van der Waals surface area contributed by atoms with Crippen LogP contribution in [-0.2, 0) is 6.42 Å². The third-order valence-corrected chi connectivity index (χ3v) is 2.74. The molecule has 19 heavy (non-hydrogen) atoms. The molecule has 0 aromatic heterocycles. The van der Waals surface area contributed by atoms with Crippen LogP contribution in [0.15, 0.2) is 42.5 Å². The highest BCUT2D eigenvalue weighted by molar-refractivity contribution is 5.61. The molecule has 0 spiro atoms. The van der Waals surface area contributed by atoms with Gasteiger partial charge in [-0.15, -0.1) is 0 Å². The first-order chi connectivity index (χ1) is 9.10. The summed E-state index contributed by atoms with van der Waals surface area (Å²) in [4.78, 5) is 10.1. The summed E-state index contributed by atoms with van der Waals surface area (Å²) in [5, 5.41) is 10.7. The summed E-state index contributed by atoms with van der Waals surface area (Å²) < 4.78 is 5.63. The van der Waals surface area contributed by atoms with Crippen LogP contribution in [0.5, 0.6) is 11.5 Å². The summed E-state index contributed by atoms with van der Waals surface area (Å²) in [6, 6.07) is 12.0. The van der Waals surface area contributed by atoms with Crippen molar-refractivity contribution < 1.29 is 9.66 Å². The first kappa shape index (κ1) is 12.9. The highest BCUT2D eigenvalue weighted by atomic mass is 16.6. The van der Waals surface area contributed by atoms with Crippen LogP contribution in [0, 0.1) is 10.1 Å². The van der Waals surface area contributed by atoms with Crippen LogP contribution >= 0.6 is 0 Å². The number of benzene rings is 2. The van der Waals surface area contributed by atoms with Gasteiger partial charge in [-0.2, -0.15) is 0 Å². The van der Waals surface area contributed by atoms with Crippen molar-refractivity contribution in [3.05, 3.63) is 58.1 Å². The molecule has 5 heteroatoms. The van der Waals surface area contributed by atoms with E-state index in [0.29, 0.717) is 11.5 Å². The number of anilines is 1.